The maximum atomic E-state index is 12.2. The summed E-state index contributed by atoms with van der Waals surface area (Å²) in [5.41, 5.74) is 6.78. The second-order valence-corrected chi connectivity index (χ2v) is 9.55. The van der Waals surface area contributed by atoms with Crippen molar-refractivity contribution in [2.24, 2.45) is 10.7 Å². The van der Waals surface area contributed by atoms with E-state index in [0.29, 0.717) is 36.1 Å². The summed E-state index contributed by atoms with van der Waals surface area (Å²) in [6, 6.07) is 5.02. The summed E-state index contributed by atoms with van der Waals surface area (Å²) >= 11 is 12.1. The van der Waals surface area contributed by atoms with Gasteiger partial charge in [-0.3, -0.25) is 4.99 Å². The molecule has 6 nitrogen and oxygen atoms in total. The van der Waals surface area contributed by atoms with Crippen molar-refractivity contribution in [2.45, 2.75) is 30.6 Å². The molecular formula is C16H23Cl2N3O3S. The van der Waals surface area contributed by atoms with Gasteiger partial charge in [0.25, 0.3) is 0 Å². The summed E-state index contributed by atoms with van der Waals surface area (Å²) < 4.78 is 28.8. The van der Waals surface area contributed by atoms with E-state index in [2.05, 4.69) is 10.3 Å². The molecule has 9 heteroatoms. The molecule has 3 N–H and O–H groups in total. The molecule has 0 radical (unpaired) electrons. The molecule has 0 aliphatic carbocycles. The molecule has 1 aliphatic rings. The molecule has 1 saturated heterocycles. The van der Waals surface area contributed by atoms with Gasteiger partial charge >= 0.3 is 0 Å². The maximum Gasteiger partial charge on any atom is 0.189 e. The van der Waals surface area contributed by atoms with Gasteiger partial charge in [-0.05, 0) is 37.5 Å². The smallest absolute Gasteiger partial charge is 0.189 e. The van der Waals surface area contributed by atoms with Crippen molar-refractivity contribution in [2.75, 3.05) is 26.0 Å². The van der Waals surface area contributed by atoms with Crippen LogP contribution in [0.15, 0.2) is 23.2 Å². The van der Waals surface area contributed by atoms with Gasteiger partial charge in [0.05, 0.1) is 17.3 Å². The first-order valence-corrected chi connectivity index (χ1v) is 10.6. The third-order valence-corrected chi connectivity index (χ3v) is 7.19. The SMILES string of the molecule is CC(NC(N)=NCC1(S(C)(=O)=O)CCOCC1)c1ccc(Cl)cc1Cl. The number of benzene rings is 1. The Kier molecular flexibility index (Phi) is 6.59. The number of halogens is 2. The van der Waals surface area contributed by atoms with E-state index in [1.807, 2.05) is 13.0 Å². The van der Waals surface area contributed by atoms with E-state index in [-0.39, 0.29) is 18.5 Å². The van der Waals surface area contributed by atoms with Crippen LogP contribution < -0.4 is 11.1 Å². The molecule has 2 rings (SSSR count). The summed E-state index contributed by atoms with van der Waals surface area (Å²) in [6.45, 7) is 2.81. The standard InChI is InChI=1S/C16H23Cl2N3O3S/c1-11(13-4-3-12(17)9-14(13)18)21-15(19)20-10-16(25(2,22)23)5-7-24-8-6-16/h3-4,9,11H,5-8,10H2,1-2H3,(H3,19,20,21). The number of nitrogens with one attached hydrogen (secondary N) is 1. The molecule has 1 aliphatic heterocycles. The Bertz CT molecular complexity index is 747. The van der Waals surface area contributed by atoms with Crippen LogP contribution in [0.5, 0.6) is 0 Å². The van der Waals surface area contributed by atoms with E-state index in [1.54, 1.807) is 12.1 Å². The zero-order chi connectivity index (χ0) is 18.7. The Balaban J connectivity index is 2.09. The lowest BCUT2D eigenvalue weighted by Gasteiger charge is -2.34. The summed E-state index contributed by atoms with van der Waals surface area (Å²) in [6.07, 6.45) is 2.08. The second kappa shape index (κ2) is 8.12. The van der Waals surface area contributed by atoms with Gasteiger partial charge < -0.3 is 15.8 Å². The predicted octanol–water partition coefficient (Wildman–Crippen LogP) is 2.55. The average molecular weight is 408 g/mol. The minimum absolute atomic E-state index is 0.106. The van der Waals surface area contributed by atoms with Crippen molar-refractivity contribution in [1.82, 2.24) is 5.32 Å². The largest absolute Gasteiger partial charge is 0.381 e. The van der Waals surface area contributed by atoms with Crippen molar-refractivity contribution in [3.05, 3.63) is 33.8 Å². The summed E-state index contributed by atoms with van der Waals surface area (Å²) in [5, 5.41) is 4.12. The first kappa shape index (κ1) is 20.3. The van der Waals surface area contributed by atoms with Gasteiger partial charge in [0.15, 0.2) is 15.8 Å². The van der Waals surface area contributed by atoms with Crippen LogP contribution in [-0.4, -0.2) is 45.1 Å². The number of rotatable bonds is 5. The van der Waals surface area contributed by atoms with E-state index >= 15 is 0 Å². The highest BCUT2D eigenvalue weighted by molar-refractivity contribution is 7.92. The van der Waals surface area contributed by atoms with Crippen LogP contribution in [0.2, 0.25) is 10.0 Å². The Hall–Kier alpha value is -1.02. The number of nitrogens with zero attached hydrogens (tertiary/aromatic N) is 1. The van der Waals surface area contributed by atoms with Crippen molar-refractivity contribution >= 4 is 39.0 Å². The lowest BCUT2D eigenvalue weighted by molar-refractivity contribution is 0.0768. The molecule has 0 amide bonds. The van der Waals surface area contributed by atoms with Gasteiger partial charge in [0.1, 0.15) is 0 Å². The number of hydrogen-bond donors (Lipinski definition) is 2. The fourth-order valence-corrected chi connectivity index (χ4v) is 4.60. The molecule has 1 heterocycles. The predicted molar refractivity (Wildman–Crippen MR) is 102 cm³/mol. The van der Waals surface area contributed by atoms with Crippen molar-refractivity contribution in [3.8, 4) is 0 Å². The maximum absolute atomic E-state index is 12.2. The van der Waals surface area contributed by atoms with Crippen LogP contribution in [0.3, 0.4) is 0 Å². The third kappa shape index (κ3) is 5.00. The van der Waals surface area contributed by atoms with Gasteiger partial charge in [-0.1, -0.05) is 29.3 Å². The van der Waals surface area contributed by atoms with Crippen molar-refractivity contribution in [1.29, 1.82) is 0 Å². The number of aliphatic imine (C=N–C) groups is 1. The first-order chi connectivity index (χ1) is 11.6. The molecule has 1 fully saturated rings. The molecule has 1 aromatic rings. The Morgan fingerprint density at radius 3 is 2.60 bits per heavy atom. The van der Waals surface area contributed by atoms with E-state index in [1.165, 1.54) is 6.26 Å². The second-order valence-electron chi connectivity index (χ2n) is 6.30. The number of nitrogens with two attached hydrogens (primary N) is 1. The Morgan fingerprint density at radius 2 is 2.04 bits per heavy atom. The topological polar surface area (TPSA) is 93.8 Å². The van der Waals surface area contributed by atoms with Gasteiger partial charge in [0, 0.05) is 29.5 Å². The molecular weight excluding hydrogens is 385 g/mol. The molecule has 0 saturated carbocycles. The Morgan fingerprint density at radius 1 is 1.40 bits per heavy atom. The molecule has 25 heavy (non-hydrogen) atoms. The fraction of sp³-hybridized carbons (Fsp3) is 0.562. The highest BCUT2D eigenvalue weighted by atomic mass is 35.5. The van der Waals surface area contributed by atoms with Crippen LogP contribution in [0.4, 0.5) is 0 Å². The van der Waals surface area contributed by atoms with Crippen molar-refractivity contribution < 1.29 is 13.2 Å². The lowest BCUT2D eigenvalue weighted by atomic mass is 9.99. The van der Waals surface area contributed by atoms with Gasteiger partial charge in [-0.2, -0.15) is 0 Å². The molecule has 1 aromatic carbocycles. The highest BCUT2D eigenvalue weighted by Crippen LogP contribution is 2.30. The summed E-state index contributed by atoms with van der Waals surface area (Å²) in [4.78, 5) is 4.28. The van der Waals surface area contributed by atoms with Crippen LogP contribution in [-0.2, 0) is 14.6 Å². The summed E-state index contributed by atoms with van der Waals surface area (Å²) in [7, 11) is -3.28. The van der Waals surface area contributed by atoms with Crippen LogP contribution in [0.25, 0.3) is 0 Å². The first-order valence-electron chi connectivity index (χ1n) is 7.93. The number of ether oxygens (including phenoxy) is 1. The zero-order valence-corrected chi connectivity index (χ0v) is 16.6. The average Bonchev–Trinajstić information content (AvgIpc) is 2.52. The molecule has 0 aromatic heterocycles. The quantitative estimate of drug-likeness (QED) is 0.577. The molecule has 140 valence electrons. The molecule has 1 unspecified atom stereocenters. The van der Waals surface area contributed by atoms with Gasteiger partial charge in [-0.25, -0.2) is 8.42 Å². The minimum Gasteiger partial charge on any atom is -0.381 e. The van der Waals surface area contributed by atoms with Gasteiger partial charge in [-0.15, -0.1) is 0 Å². The highest BCUT2D eigenvalue weighted by Gasteiger charge is 2.42. The fourth-order valence-electron chi connectivity index (χ4n) is 2.82. The number of guanidine groups is 1. The van der Waals surface area contributed by atoms with Crippen LogP contribution in [0, 0.1) is 0 Å². The Labute approximate surface area is 158 Å². The van der Waals surface area contributed by atoms with E-state index < -0.39 is 14.6 Å². The number of hydrogen-bond acceptors (Lipinski definition) is 4. The van der Waals surface area contributed by atoms with Crippen LogP contribution >= 0.6 is 23.2 Å². The lowest BCUT2D eigenvalue weighted by Crippen LogP contribution is -2.47. The molecule has 1 atom stereocenters. The molecule has 0 spiro atoms. The summed E-state index contributed by atoms with van der Waals surface area (Å²) in [5.74, 6) is 0.174. The third-order valence-electron chi connectivity index (χ3n) is 4.52. The normalized spacial score (nSPS) is 19.4. The van der Waals surface area contributed by atoms with E-state index in [0.717, 1.165) is 5.56 Å². The monoisotopic (exact) mass is 407 g/mol. The number of sulfone groups is 1. The van der Waals surface area contributed by atoms with Crippen molar-refractivity contribution in [3.63, 3.8) is 0 Å². The minimum atomic E-state index is -3.28. The molecule has 0 bridgehead atoms. The van der Waals surface area contributed by atoms with E-state index in [9.17, 15) is 8.42 Å². The van der Waals surface area contributed by atoms with E-state index in [4.69, 9.17) is 33.7 Å². The zero-order valence-electron chi connectivity index (χ0n) is 14.3. The van der Waals surface area contributed by atoms with Gasteiger partial charge in [0.2, 0.25) is 0 Å². The van der Waals surface area contributed by atoms with Crippen LogP contribution in [0.1, 0.15) is 31.4 Å².